The van der Waals surface area contributed by atoms with Crippen LogP contribution in [0.25, 0.3) is 5.69 Å². The molecule has 0 unspecified atom stereocenters. The molecule has 0 radical (unpaired) electrons. The van der Waals surface area contributed by atoms with Gasteiger partial charge in [0.05, 0.1) is 11.4 Å². The first-order chi connectivity index (χ1) is 13.3. The van der Waals surface area contributed by atoms with Crippen molar-refractivity contribution in [3.8, 4) is 11.4 Å². The highest BCUT2D eigenvalue weighted by Crippen LogP contribution is 2.22. The number of ether oxygens (including phenoxy) is 1. The quantitative estimate of drug-likeness (QED) is 0.738. The van der Waals surface area contributed by atoms with Crippen molar-refractivity contribution in [2.75, 3.05) is 5.32 Å². The Bertz CT molecular complexity index is 1060. The summed E-state index contributed by atoms with van der Waals surface area (Å²) in [5, 5.41) is 2.75. The van der Waals surface area contributed by atoms with E-state index in [0.717, 1.165) is 16.8 Å². The van der Waals surface area contributed by atoms with E-state index in [1.807, 2.05) is 62.4 Å². The Labute approximate surface area is 164 Å². The zero-order chi connectivity index (χ0) is 20.4. The van der Waals surface area contributed by atoms with Gasteiger partial charge in [0.1, 0.15) is 11.4 Å². The summed E-state index contributed by atoms with van der Waals surface area (Å²) in [5.74, 6) is 0.293. The average molecular weight is 379 g/mol. The number of hydrogen-bond acceptors (Lipinski definition) is 3. The number of nitrogens with one attached hydrogen (secondary N) is 1. The third-order valence-electron chi connectivity index (χ3n) is 5.03. The number of amides is 1. The van der Waals surface area contributed by atoms with Gasteiger partial charge < -0.3 is 10.1 Å². The van der Waals surface area contributed by atoms with Crippen LogP contribution in [0.2, 0.25) is 0 Å². The van der Waals surface area contributed by atoms with E-state index in [0.29, 0.717) is 11.4 Å². The fourth-order valence-corrected chi connectivity index (χ4v) is 3.03. The van der Waals surface area contributed by atoms with E-state index in [1.165, 1.54) is 4.68 Å². The van der Waals surface area contributed by atoms with Crippen LogP contribution in [0, 0.1) is 20.8 Å². The molecule has 0 aliphatic carbocycles. The van der Waals surface area contributed by atoms with Crippen molar-refractivity contribution in [2.24, 2.45) is 7.05 Å². The largest absolute Gasteiger partial charge is 0.481 e. The molecule has 1 aromatic heterocycles. The second-order valence-electron chi connectivity index (χ2n) is 6.88. The monoisotopic (exact) mass is 379 g/mol. The van der Waals surface area contributed by atoms with Crippen molar-refractivity contribution >= 4 is 11.6 Å². The van der Waals surface area contributed by atoms with Crippen LogP contribution < -0.4 is 15.6 Å². The molecule has 0 fully saturated rings. The summed E-state index contributed by atoms with van der Waals surface area (Å²) in [5.41, 5.74) is 3.46. The molecule has 1 heterocycles. The minimum Gasteiger partial charge on any atom is -0.481 e. The Morgan fingerprint density at radius 2 is 1.71 bits per heavy atom. The first kappa shape index (κ1) is 19.5. The van der Waals surface area contributed by atoms with E-state index < -0.39 is 6.10 Å². The van der Waals surface area contributed by atoms with Gasteiger partial charge in [-0.2, -0.15) is 0 Å². The zero-order valence-electron chi connectivity index (χ0n) is 16.8. The Morgan fingerprint density at radius 3 is 2.39 bits per heavy atom. The predicted molar refractivity (Wildman–Crippen MR) is 110 cm³/mol. The van der Waals surface area contributed by atoms with Crippen LogP contribution in [0.15, 0.2) is 53.3 Å². The van der Waals surface area contributed by atoms with E-state index in [9.17, 15) is 9.59 Å². The molecule has 1 atom stereocenters. The number of carbonyl (C=O) groups is 1. The summed E-state index contributed by atoms with van der Waals surface area (Å²) in [6, 6.07) is 15.0. The number of aryl methyl sites for hydroxylation is 1. The highest BCUT2D eigenvalue weighted by Gasteiger charge is 2.22. The molecule has 3 rings (SSSR count). The lowest BCUT2D eigenvalue weighted by atomic mass is 10.1. The van der Waals surface area contributed by atoms with Gasteiger partial charge in [0.15, 0.2) is 6.10 Å². The van der Waals surface area contributed by atoms with E-state index in [4.69, 9.17) is 4.74 Å². The number of carbonyl (C=O) groups excluding carboxylic acids is 1. The SMILES string of the molecule is Cc1cccc(O[C@H](C)C(=O)Nc2c(C)n(C)n(-c3ccccc3)c2=O)c1C. The number of nitrogens with zero attached hydrogens (tertiary/aromatic N) is 2. The standard InChI is InChI=1S/C22H25N3O3/c1-14-10-9-13-19(15(14)2)28-17(4)21(26)23-20-16(3)24(5)25(22(20)27)18-11-7-6-8-12-18/h6-13,17H,1-5H3,(H,23,26)/t17-/m1/s1. The maximum atomic E-state index is 12.9. The molecule has 1 N–H and O–H groups in total. The van der Waals surface area contributed by atoms with E-state index >= 15 is 0 Å². The van der Waals surface area contributed by atoms with Crippen LogP contribution >= 0.6 is 0 Å². The van der Waals surface area contributed by atoms with Gasteiger partial charge in [-0.1, -0.05) is 30.3 Å². The topological polar surface area (TPSA) is 65.3 Å². The summed E-state index contributed by atoms with van der Waals surface area (Å²) < 4.78 is 9.09. The number of para-hydroxylation sites is 1. The number of benzene rings is 2. The van der Waals surface area contributed by atoms with Crippen LogP contribution in [0.1, 0.15) is 23.7 Å². The number of anilines is 1. The summed E-state index contributed by atoms with van der Waals surface area (Å²) >= 11 is 0. The molecule has 0 saturated heterocycles. The van der Waals surface area contributed by atoms with Gasteiger partial charge in [-0.25, -0.2) is 4.68 Å². The van der Waals surface area contributed by atoms with Crippen LogP contribution in [-0.2, 0) is 11.8 Å². The first-order valence-corrected chi connectivity index (χ1v) is 9.19. The van der Waals surface area contributed by atoms with Crippen LogP contribution in [-0.4, -0.2) is 21.4 Å². The van der Waals surface area contributed by atoms with Crippen LogP contribution in [0.4, 0.5) is 5.69 Å². The number of hydrogen-bond donors (Lipinski definition) is 1. The van der Waals surface area contributed by atoms with Gasteiger partial charge in [-0.3, -0.25) is 14.3 Å². The van der Waals surface area contributed by atoms with E-state index in [2.05, 4.69) is 5.32 Å². The maximum absolute atomic E-state index is 12.9. The third kappa shape index (κ3) is 3.58. The summed E-state index contributed by atoms with van der Waals surface area (Å²) in [6.07, 6.45) is -0.746. The molecule has 6 nitrogen and oxygen atoms in total. The van der Waals surface area contributed by atoms with Crippen LogP contribution in [0.3, 0.4) is 0 Å². The van der Waals surface area contributed by atoms with Crippen molar-refractivity contribution in [3.05, 3.63) is 75.7 Å². The molecule has 0 aliphatic rings. The molecule has 0 aliphatic heterocycles. The van der Waals surface area contributed by atoms with Crippen molar-refractivity contribution < 1.29 is 9.53 Å². The Kier molecular flexibility index (Phi) is 5.40. The molecule has 1 amide bonds. The minimum atomic E-state index is -0.746. The highest BCUT2D eigenvalue weighted by molar-refractivity contribution is 5.94. The predicted octanol–water partition coefficient (Wildman–Crippen LogP) is 3.51. The fraction of sp³-hybridized carbons (Fsp3) is 0.273. The van der Waals surface area contributed by atoms with Crippen LogP contribution in [0.5, 0.6) is 5.75 Å². The third-order valence-corrected chi connectivity index (χ3v) is 5.03. The number of rotatable bonds is 5. The Balaban J connectivity index is 1.85. The van der Waals surface area contributed by atoms with Gasteiger partial charge in [0.2, 0.25) is 0 Å². The number of aromatic nitrogens is 2. The molecular weight excluding hydrogens is 354 g/mol. The fourth-order valence-electron chi connectivity index (χ4n) is 3.03. The van der Waals surface area contributed by atoms with Gasteiger partial charge in [-0.05, 0) is 57.0 Å². The molecule has 3 aromatic rings. The van der Waals surface area contributed by atoms with E-state index in [-0.39, 0.29) is 17.2 Å². The molecule has 146 valence electrons. The molecular formula is C22H25N3O3. The van der Waals surface area contributed by atoms with Crippen molar-refractivity contribution in [1.29, 1.82) is 0 Å². The molecule has 0 saturated carbocycles. The summed E-state index contributed by atoms with van der Waals surface area (Å²) in [4.78, 5) is 25.6. The summed E-state index contributed by atoms with van der Waals surface area (Å²) in [6.45, 7) is 7.42. The Hall–Kier alpha value is -3.28. The Morgan fingerprint density at radius 1 is 1.04 bits per heavy atom. The molecule has 0 bridgehead atoms. The average Bonchev–Trinajstić information content (AvgIpc) is 2.89. The second kappa shape index (κ2) is 7.76. The maximum Gasteiger partial charge on any atom is 0.295 e. The summed E-state index contributed by atoms with van der Waals surface area (Å²) in [7, 11) is 1.79. The van der Waals surface area contributed by atoms with E-state index in [1.54, 1.807) is 25.6 Å². The normalized spacial score (nSPS) is 11.9. The lowest BCUT2D eigenvalue weighted by molar-refractivity contribution is -0.122. The van der Waals surface area contributed by atoms with Gasteiger partial charge in [0, 0.05) is 7.05 Å². The van der Waals surface area contributed by atoms with Gasteiger partial charge in [-0.15, -0.1) is 0 Å². The molecule has 28 heavy (non-hydrogen) atoms. The molecule has 2 aromatic carbocycles. The first-order valence-electron chi connectivity index (χ1n) is 9.19. The molecule has 0 spiro atoms. The smallest absolute Gasteiger partial charge is 0.295 e. The van der Waals surface area contributed by atoms with Crippen molar-refractivity contribution in [1.82, 2.24) is 9.36 Å². The van der Waals surface area contributed by atoms with Crippen molar-refractivity contribution in [3.63, 3.8) is 0 Å². The van der Waals surface area contributed by atoms with Gasteiger partial charge in [0.25, 0.3) is 11.5 Å². The minimum absolute atomic E-state index is 0.257. The van der Waals surface area contributed by atoms with Crippen molar-refractivity contribution in [2.45, 2.75) is 33.8 Å². The zero-order valence-corrected chi connectivity index (χ0v) is 16.8. The highest BCUT2D eigenvalue weighted by atomic mass is 16.5. The van der Waals surface area contributed by atoms with Gasteiger partial charge >= 0.3 is 0 Å². The lowest BCUT2D eigenvalue weighted by Crippen LogP contribution is -2.32. The lowest BCUT2D eigenvalue weighted by Gasteiger charge is -2.16. The second-order valence-corrected chi connectivity index (χ2v) is 6.88. The molecule has 6 heteroatoms.